The van der Waals surface area contributed by atoms with Crippen molar-refractivity contribution in [2.24, 2.45) is 5.92 Å². The van der Waals surface area contributed by atoms with Crippen LogP contribution >= 0.6 is 0 Å². The number of fused-ring (bicyclic) bond motifs is 4. The molecule has 32 heavy (non-hydrogen) atoms. The molecule has 1 amide bonds. The molecule has 0 aromatic rings. The Hall–Kier alpha value is -1.60. The average molecular weight is 451 g/mol. The third-order valence-corrected chi connectivity index (χ3v) is 6.79. The Labute approximate surface area is 192 Å². The molecule has 4 bridgehead atoms. The molecule has 4 rings (SSSR count). The van der Waals surface area contributed by atoms with Crippen molar-refractivity contribution in [3.8, 4) is 0 Å². The van der Waals surface area contributed by atoms with Crippen molar-refractivity contribution in [2.75, 3.05) is 6.61 Å². The first-order chi connectivity index (χ1) is 14.9. The van der Waals surface area contributed by atoms with Crippen molar-refractivity contribution in [1.29, 1.82) is 0 Å². The van der Waals surface area contributed by atoms with Gasteiger partial charge in [0.2, 0.25) is 0 Å². The molecule has 0 radical (unpaired) electrons. The SMILES string of the molecule is CC(C)(O)CC1C[C@H]2CC[C@@H]1N2.CCOC(=O)C=C1C[C@H]2CC[C@@H]1N2C(=O)OC(C)(C)C. The molecule has 4 saturated heterocycles. The first kappa shape index (κ1) is 25.0. The zero-order chi connectivity index (χ0) is 23.7. The highest BCUT2D eigenvalue weighted by Gasteiger charge is 2.47. The van der Waals surface area contributed by atoms with Gasteiger partial charge in [0.05, 0.1) is 18.2 Å². The first-order valence-corrected chi connectivity index (χ1v) is 12.2. The summed E-state index contributed by atoms with van der Waals surface area (Å²) in [5.41, 5.74) is 0.0200. The standard InChI is InChI=1S/C15H23NO4.C10H19NO/c1-5-19-13(17)9-10-8-11-6-7-12(10)16(11)14(18)20-15(2,3)4;1-10(2,12)6-7-5-8-3-4-9(7)11-8/h9,11-12H,5-8H2,1-4H3;7-9,11-12H,3-6H2,1-2H3/t11-,12+;7?,8-,9+/m11/s1. The number of hydrogen-bond donors (Lipinski definition) is 2. The first-order valence-electron chi connectivity index (χ1n) is 12.2. The van der Waals surface area contributed by atoms with Crippen molar-refractivity contribution in [2.45, 2.75) is 122 Å². The summed E-state index contributed by atoms with van der Waals surface area (Å²) >= 11 is 0. The summed E-state index contributed by atoms with van der Waals surface area (Å²) in [5, 5.41) is 13.3. The van der Waals surface area contributed by atoms with Crippen LogP contribution in [0.25, 0.3) is 0 Å². The molecule has 4 aliphatic rings. The maximum absolute atomic E-state index is 12.2. The Kier molecular flexibility index (Phi) is 7.60. The van der Waals surface area contributed by atoms with Crippen LogP contribution in [0.4, 0.5) is 4.79 Å². The number of nitrogens with one attached hydrogen (secondary N) is 1. The van der Waals surface area contributed by atoms with E-state index in [0.29, 0.717) is 12.6 Å². The Morgan fingerprint density at radius 3 is 2.41 bits per heavy atom. The maximum Gasteiger partial charge on any atom is 0.411 e. The fourth-order valence-electron chi connectivity index (χ4n) is 5.74. The molecule has 4 fully saturated rings. The Morgan fingerprint density at radius 2 is 1.88 bits per heavy atom. The van der Waals surface area contributed by atoms with Gasteiger partial charge in [-0.05, 0) is 98.0 Å². The van der Waals surface area contributed by atoms with Crippen LogP contribution in [-0.4, -0.2) is 64.0 Å². The van der Waals surface area contributed by atoms with Crippen LogP contribution in [0.3, 0.4) is 0 Å². The summed E-state index contributed by atoms with van der Waals surface area (Å²) < 4.78 is 10.4. The van der Waals surface area contributed by atoms with Crippen LogP contribution in [-0.2, 0) is 14.3 Å². The van der Waals surface area contributed by atoms with Gasteiger partial charge in [-0.3, -0.25) is 4.90 Å². The molecule has 4 aliphatic heterocycles. The summed E-state index contributed by atoms with van der Waals surface area (Å²) in [5.74, 6) is 0.405. The highest BCUT2D eigenvalue weighted by Crippen LogP contribution is 2.42. The number of carbonyl (C=O) groups excluding carboxylic acids is 2. The van der Waals surface area contributed by atoms with Crippen LogP contribution in [0.5, 0.6) is 0 Å². The lowest BCUT2D eigenvalue weighted by Gasteiger charge is -2.27. The van der Waals surface area contributed by atoms with Gasteiger partial charge in [-0.15, -0.1) is 0 Å². The van der Waals surface area contributed by atoms with Crippen molar-refractivity contribution in [3.05, 3.63) is 11.6 Å². The van der Waals surface area contributed by atoms with Gasteiger partial charge in [0.1, 0.15) is 5.60 Å². The number of aliphatic hydroxyl groups is 1. The second kappa shape index (κ2) is 9.72. The smallest absolute Gasteiger partial charge is 0.411 e. The van der Waals surface area contributed by atoms with E-state index < -0.39 is 11.2 Å². The van der Waals surface area contributed by atoms with Crippen molar-refractivity contribution in [3.63, 3.8) is 0 Å². The molecule has 0 aromatic carbocycles. The number of amides is 1. The van der Waals surface area contributed by atoms with Crippen LogP contribution in [0.15, 0.2) is 11.6 Å². The van der Waals surface area contributed by atoms with Gasteiger partial charge in [-0.2, -0.15) is 0 Å². The molecule has 0 aliphatic carbocycles. The lowest BCUT2D eigenvalue weighted by atomic mass is 9.82. The molecular formula is C25H42N2O5. The quantitative estimate of drug-likeness (QED) is 0.498. The second-order valence-corrected chi connectivity index (χ2v) is 11.4. The molecule has 1 unspecified atom stereocenters. The molecule has 182 valence electrons. The number of rotatable bonds is 4. The average Bonchev–Trinajstić information content (AvgIpc) is 3.39. The van der Waals surface area contributed by atoms with E-state index >= 15 is 0 Å². The zero-order valence-corrected chi connectivity index (χ0v) is 20.6. The van der Waals surface area contributed by atoms with E-state index in [1.54, 1.807) is 17.9 Å². The lowest BCUT2D eigenvalue weighted by molar-refractivity contribution is -0.137. The van der Waals surface area contributed by atoms with Gasteiger partial charge in [-0.25, -0.2) is 9.59 Å². The zero-order valence-electron chi connectivity index (χ0n) is 20.6. The molecule has 7 heteroatoms. The van der Waals surface area contributed by atoms with Gasteiger partial charge in [0.25, 0.3) is 0 Å². The van der Waals surface area contributed by atoms with Gasteiger partial charge in [0.15, 0.2) is 0 Å². The van der Waals surface area contributed by atoms with Gasteiger partial charge < -0.3 is 19.9 Å². The van der Waals surface area contributed by atoms with E-state index in [9.17, 15) is 14.7 Å². The molecule has 0 saturated carbocycles. The number of nitrogens with zero attached hydrogens (tertiary/aromatic N) is 1. The number of ether oxygens (including phenoxy) is 2. The third kappa shape index (κ3) is 6.47. The minimum absolute atomic E-state index is 0.000689. The van der Waals surface area contributed by atoms with Crippen molar-refractivity contribution in [1.82, 2.24) is 10.2 Å². The molecular weight excluding hydrogens is 408 g/mol. The lowest BCUT2D eigenvalue weighted by Crippen LogP contribution is -2.39. The Morgan fingerprint density at radius 1 is 1.16 bits per heavy atom. The predicted molar refractivity (Wildman–Crippen MR) is 123 cm³/mol. The van der Waals surface area contributed by atoms with E-state index in [0.717, 1.165) is 43.2 Å². The summed E-state index contributed by atoms with van der Waals surface area (Å²) in [7, 11) is 0. The van der Waals surface area contributed by atoms with Crippen molar-refractivity contribution >= 4 is 12.1 Å². The normalized spacial score (nSPS) is 32.2. The molecule has 0 aromatic heterocycles. The minimum atomic E-state index is -0.496. The summed E-state index contributed by atoms with van der Waals surface area (Å²) in [4.78, 5) is 25.6. The summed E-state index contributed by atoms with van der Waals surface area (Å²) in [6.07, 6.45) is 8.82. The summed E-state index contributed by atoms with van der Waals surface area (Å²) in [6, 6.07) is 1.64. The summed E-state index contributed by atoms with van der Waals surface area (Å²) in [6.45, 7) is 11.6. The van der Waals surface area contributed by atoms with Crippen LogP contribution < -0.4 is 5.32 Å². The van der Waals surface area contributed by atoms with E-state index in [1.165, 1.54) is 19.3 Å². The van der Waals surface area contributed by atoms with E-state index in [1.807, 2.05) is 34.6 Å². The predicted octanol–water partition coefficient (Wildman–Crippen LogP) is 3.94. The molecule has 4 heterocycles. The van der Waals surface area contributed by atoms with E-state index in [2.05, 4.69) is 5.32 Å². The Balaban J connectivity index is 0.000000204. The van der Waals surface area contributed by atoms with Crippen LogP contribution in [0.2, 0.25) is 0 Å². The van der Waals surface area contributed by atoms with Gasteiger partial charge in [0, 0.05) is 24.2 Å². The minimum Gasteiger partial charge on any atom is -0.463 e. The van der Waals surface area contributed by atoms with Gasteiger partial charge >= 0.3 is 12.1 Å². The molecule has 2 N–H and O–H groups in total. The molecule has 7 nitrogen and oxygen atoms in total. The van der Waals surface area contributed by atoms with E-state index in [-0.39, 0.29) is 24.1 Å². The highest BCUT2D eigenvalue weighted by atomic mass is 16.6. The number of esters is 1. The van der Waals surface area contributed by atoms with E-state index in [4.69, 9.17) is 9.47 Å². The molecule has 0 spiro atoms. The largest absolute Gasteiger partial charge is 0.463 e. The third-order valence-electron chi connectivity index (χ3n) is 6.79. The van der Waals surface area contributed by atoms with Crippen molar-refractivity contribution < 1.29 is 24.2 Å². The fraction of sp³-hybridized carbons (Fsp3) is 0.840. The molecule has 5 atom stereocenters. The highest BCUT2D eigenvalue weighted by molar-refractivity contribution is 5.83. The van der Waals surface area contributed by atoms with Gasteiger partial charge in [-0.1, -0.05) is 0 Å². The number of carbonyl (C=O) groups is 2. The number of hydrogen-bond acceptors (Lipinski definition) is 6. The fourth-order valence-corrected chi connectivity index (χ4v) is 5.74. The topological polar surface area (TPSA) is 88.1 Å². The maximum atomic E-state index is 12.2. The van der Waals surface area contributed by atoms with Crippen LogP contribution in [0, 0.1) is 5.92 Å². The Bertz CT molecular complexity index is 721. The monoisotopic (exact) mass is 450 g/mol. The second-order valence-electron chi connectivity index (χ2n) is 11.4. The van der Waals surface area contributed by atoms with Crippen LogP contribution in [0.1, 0.15) is 86.5 Å².